The van der Waals surface area contributed by atoms with E-state index in [0.29, 0.717) is 24.3 Å². The van der Waals surface area contributed by atoms with Crippen molar-refractivity contribution >= 4 is 11.7 Å². The number of hydrogen-bond donors (Lipinski definition) is 2. The van der Waals surface area contributed by atoms with Gasteiger partial charge in [-0.2, -0.15) is 0 Å². The molecule has 1 aliphatic carbocycles. The van der Waals surface area contributed by atoms with Crippen LogP contribution in [0.3, 0.4) is 0 Å². The molecular weight excluding hydrogens is 328 g/mol. The molecule has 0 unspecified atom stereocenters. The smallest absolute Gasteiger partial charge is 0.276 e. The van der Waals surface area contributed by atoms with Crippen LogP contribution < -0.4 is 15.6 Å². The molecule has 0 saturated heterocycles. The number of aryl methyl sites for hydroxylation is 1. The van der Waals surface area contributed by atoms with Gasteiger partial charge in [0.2, 0.25) is 0 Å². The summed E-state index contributed by atoms with van der Waals surface area (Å²) in [6, 6.07) is 17.5. The molecule has 1 atom stereocenters. The Morgan fingerprint density at radius 1 is 1.08 bits per heavy atom. The van der Waals surface area contributed by atoms with Gasteiger partial charge in [-0.1, -0.05) is 48.5 Å². The minimum Gasteiger partial charge on any atom is -0.483 e. The Balaban J connectivity index is 1.51. The monoisotopic (exact) mass is 350 g/mol. The van der Waals surface area contributed by atoms with Crippen LogP contribution in [-0.2, 0) is 9.59 Å². The normalized spacial score (nSPS) is 16.6. The Morgan fingerprint density at radius 2 is 1.81 bits per heavy atom. The van der Waals surface area contributed by atoms with E-state index in [4.69, 9.17) is 4.74 Å². The van der Waals surface area contributed by atoms with E-state index in [9.17, 15) is 9.59 Å². The maximum absolute atomic E-state index is 12.0. The lowest BCUT2D eigenvalue weighted by Crippen LogP contribution is -2.41. The largest absolute Gasteiger partial charge is 0.483 e. The molecule has 3 rings (SSSR count). The van der Waals surface area contributed by atoms with E-state index < -0.39 is 0 Å². The van der Waals surface area contributed by atoms with Gasteiger partial charge in [0.25, 0.3) is 5.91 Å². The zero-order valence-electron chi connectivity index (χ0n) is 14.7. The quantitative estimate of drug-likeness (QED) is 0.786. The molecule has 0 radical (unpaired) electrons. The Bertz CT molecular complexity index is 815. The molecule has 2 aromatic carbocycles. The zero-order valence-corrected chi connectivity index (χ0v) is 14.7. The van der Waals surface area contributed by atoms with Crippen LogP contribution in [0.15, 0.2) is 66.4 Å². The lowest BCUT2D eigenvalue weighted by atomic mass is 9.86. The van der Waals surface area contributed by atoms with Crippen molar-refractivity contribution in [3.63, 3.8) is 0 Å². The van der Waals surface area contributed by atoms with E-state index in [1.54, 1.807) is 6.08 Å². The first kappa shape index (κ1) is 17.7. The molecule has 0 fully saturated rings. The van der Waals surface area contributed by atoms with Crippen molar-refractivity contribution < 1.29 is 14.3 Å². The van der Waals surface area contributed by atoms with Crippen LogP contribution in [0.4, 0.5) is 0 Å². The molecule has 0 heterocycles. The molecular formula is C21H22N2O3. The van der Waals surface area contributed by atoms with Crippen molar-refractivity contribution in [1.82, 2.24) is 10.9 Å². The number of rotatable bonds is 6. The fraction of sp³-hybridized carbons (Fsp3) is 0.238. The van der Waals surface area contributed by atoms with E-state index in [1.165, 1.54) is 0 Å². The van der Waals surface area contributed by atoms with Crippen molar-refractivity contribution in [2.45, 2.75) is 25.7 Å². The number of hydrazine groups is 1. The molecule has 134 valence electrons. The van der Waals surface area contributed by atoms with Gasteiger partial charge in [0.15, 0.2) is 12.4 Å². The number of hydrogen-bond acceptors (Lipinski definition) is 4. The van der Waals surface area contributed by atoms with Crippen molar-refractivity contribution in [2.24, 2.45) is 0 Å². The number of amides is 1. The third-order valence-corrected chi connectivity index (χ3v) is 4.33. The summed E-state index contributed by atoms with van der Waals surface area (Å²) in [4.78, 5) is 24.0. The van der Waals surface area contributed by atoms with Gasteiger partial charge >= 0.3 is 0 Å². The highest BCUT2D eigenvalue weighted by Gasteiger charge is 2.22. The van der Waals surface area contributed by atoms with Crippen molar-refractivity contribution in [1.29, 1.82) is 0 Å². The third-order valence-electron chi connectivity index (χ3n) is 4.33. The molecule has 0 bridgehead atoms. The first-order valence-corrected chi connectivity index (χ1v) is 8.63. The fourth-order valence-electron chi connectivity index (χ4n) is 2.99. The summed E-state index contributed by atoms with van der Waals surface area (Å²) in [5.41, 5.74) is 8.27. The first-order valence-electron chi connectivity index (χ1n) is 8.63. The van der Waals surface area contributed by atoms with Crippen molar-refractivity contribution in [3.8, 4) is 5.75 Å². The van der Waals surface area contributed by atoms with E-state index in [-0.39, 0.29) is 24.2 Å². The van der Waals surface area contributed by atoms with Crippen LogP contribution in [-0.4, -0.2) is 18.3 Å². The number of para-hydroxylation sites is 1. The summed E-state index contributed by atoms with van der Waals surface area (Å²) in [5.74, 6) is 0.552. The molecule has 0 saturated carbocycles. The number of carbonyl (C=O) groups excluding carboxylic acids is 2. The van der Waals surface area contributed by atoms with Gasteiger partial charge in [-0.15, -0.1) is 0 Å². The topological polar surface area (TPSA) is 67.4 Å². The number of ether oxygens (including phenoxy) is 1. The summed E-state index contributed by atoms with van der Waals surface area (Å²) >= 11 is 0. The Labute approximate surface area is 153 Å². The second-order valence-electron chi connectivity index (χ2n) is 6.38. The summed E-state index contributed by atoms with van der Waals surface area (Å²) in [6.45, 7) is 1.83. The number of allylic oxidation sites excluding steroid dienone is 2. The number of benzene rings is 2. The first-order chi connectivity index (χ1) is 12.6. The maximum atomic E-state index is 12.0. The predicted octanol–water partition coefficient (Wildman–Crippen LogP) is 3.03. The van der Waals surface area contributed by atoms with Crippen LogP contribution in [0.1, 0.15) is 29.9 Å². The summed E-state index contributed by atoms with van der Waals surface area (Å²) in [6.07, 6.45) is 2.72. The van der Waals surface area contributed by atoms with Gasteiger partial charge < -0.3 is 10.2 Å². The SMILES string of the molecule is Cc1ccccc1OCC(=O)NNC1=CC(=O)C[C@@H](c2ccccc2)C1. The highest BCUT2D eigenvalue weighted by molar-refractivity contribution is 5.92. The second kappa shape index (κ2) is 8.34. The molecule has 2 N–H and O–H groups in total. The second-order valence-corrected chi connectivity index (χ2v) is 6.38. The number of nitrogens with one attached hydrogen (secondary N) is 2. The summed E-state index contributed by atoms with van der Waals surface area (Å²) in [5, 5.41) is 0. The minimum atomic E-state index is -0.302. The van der Waals surface area contributed by atoms with Crippen LogP contribution in [0.2, 0.25) is 0 Å². The molecule has 0 aromatic heterocycles. The molecule has 26 heavy (non-hydrogen) atoms. The molecule has 2 aromatic rings. The Morgan fingerprint density at radius 3 is 2.58 bits per heavy atom. The molecule has 0 aliphatic heterocycles. The predicted molar refractivity (Wildman–Crippen MR) is 99.5 cm³/mol. The highest BCUT2D eigenvalue weighted by atomic mass is 16.5. The average Bonchev–Trinajstić information content (AvgIpc) is 2.66. The van der Waals surface area contributed by atoms with Gasteiger partial charge in [0.1, 0.15) is 5.75 Å². The lowest BCUT2D eigenvalue weighted by Gasteiger charge is -2.23. The maximum Gasteiger partial charge on any atom is 0.276 e. The average molecular weight is 350 g/mol. The van der Waals surface area contributed by atoms with Crippen LogP contribution in [0, 0.1) is 6.92 Å². The highest BCUT2D eigenvalue weighted by Crippen LogP contribution is 2.29. The van der Waals surface area contributed by atoms with Crippen LogP contribution in [0.5, 0.6) is 5.75 Å². The van der Waals surface area contributed by atoms with Gasteiger partial charge in [-0.3, -0.25) is 15.0 Å². The standard InChI is InChI=1S/C21H22N2O3/c1-15-7-5-6-10-20(15)26-14-21(25)23-22-18-11-17(12-19(24)13-18)16-8-3-2-4-9-16/h2-10,13,17,22H,11-12,14H2,1H3,(H,23,25)/t17-/m0/s1. The van der Waals surface area contributed by atoms with Gasteiger partial charge in [-0.25, -0.2) is 0 Å². The summed E-state index contributed by atoms with van der Waals surface area (Å²) in [7, 11) is 0. The van der Waals surface area contributed by atoms with Gasteiger partial charge in [0, 0.05) is 18.2 Å². The van der Waals surface area contributed by atoms with Crippen LogP contribution >= 0.6 is 0 Å². The number of ketones is 1. The third kappa shape index (κ3) is 4.72. The van der Waals surface area contributed by atoms with E-state index in [0.717, 1.165) is 11.1 Å². The zero-order chi connectivity index (χ0) is 18.4. The molecule has 5 nitrogen and oxygen atoms in total. The molecule has 1 amide bonds. The van der Waals surface area contributed by atoms with E-state index in [2.05, 4.69) is 10.9 Å². The van der Waals surface area contributed by atoms with E-state index >= 15 is 0 Å². The van der Waals surface area contributed by atoms with Crippen LogP contribution in [0.25, 0.3) is 0 Å². The Hall–Kier alpha value is -3.08. The summed E-state index contributed by atoms with van der Waals surface area (Å²) < 4.78 is 5.51. The molecule has 5 heteroatoms. The van der Waals surface area contributed by atoms with Gasteiger partial charge in [0.05, 0.1) is 0 Å². The lowest BCUT2D eigenvalue weighted by molar-refractivity contribution is -0.124. The molecule has 0 spiro atoms. The Kier molecular flexibility index (Phi) is 5.69. The number of carbonyl (C=O) groups is 2. The van der Waals surface area contributed by atoms with Crippen molar-refractivity contribution in [2.75, 3.05) is 6.61 Å². The van der Waals surface area contributed by atoms with E-state index in [1.807, 2.05) is 61.5 Å². The van der Waals surface area contributed by atoms with Crippen molar-refractivity contribution in [3.05, 3.63) is 77.5 Å². The van der Waals surface area contributed by atoms with Gasteiger partial charge in [-0.05, 0) is 36.5 Å². The minimum absolute atomic E-state index is 0.0537. The molecule has 1 aliphatic rings. The fourth-order valence-corrected chi connectivity index (χ4v) is 2.99.